The van der Waals surface area contributed by atoms with Gasteiger partial charge in [-0.3, -0.25) is 0 Å². The molecule has 0 saturated carbocycles. The highest BCUT2D eigenvalue weighted by molar-refractivity contribution is 5.91. The third kappa shape index (κ3) is 3.53. The number of anilines is 2. The highest BCUT2D eigenvalue weighted by Gasteiger charge is 2.10. The summed E-state index contributed by atoms with van der Waals surface area (Å²) in [5.41, 5.74) is 0.853. The molecule has 120 valence electrons. The van der Waals surface area contributed by atoms with Gasteiger partial charge in [-0.2, -0.15) is 4.98 Å². The molecule has 23 heavy (non-hydrogen) atoms. The van der Waals surface area contributed by atoms with Gasteiger partial charge in [-0.15, -0.1) is 0 Å². The molecule has 0 atom stereocenters. The Kier molecular flexibility index (Phi) is 4.32. The van der Waals surface area contributed by atoms with Crippen LogP contribution in [0.1, 0.15) is 19.6 Å². The molecule has 2 aromatic heterocycles. The molecule has 1 aromatic carbocycles. The van der Waals surface area contributed by atoms with Crippen molar-refractivity contribution in [3.05, 3.63) is 42.4 Å². The molecule has 3 rings (SSSR count). The number of hydrogen-bond donors (Lipinski definition) is 2. The van der Waals surface area contributed by atoms with Gasteiger partial charge in [-0.1, -0.05) is 0 Å². The van der Waals surface area contributed by atoms with E-state index in [1.54, 1.807) is 13.4 Å². The largest absolute Gasteiger partial charge is 0.497 e. The van der Waals surface area contributed by atoms with Crippen molar-refractivity contribution >= 4 is 22.7 Å². The Morgan fingerprint density at radius 3 is 2.78 bits per heavy atom. The summed E-state index contributed by atoms with van der Waals surface area (Å²) in [5, 5.41) is 7.46. The number of rotatable bonds is 6. The van der Waals surface area contributed by atoms with Gasteiger partial charge in [0.1, 0.15) is 17.3 Å². The van der Waals surface area contributed by atoms with Gasteiger partial charge >= 0.3 is 0 Å². The zero-order valence-electron chi connectivity index (χ0n) is 13.5. The Morgan fingerprint density at radius 1 is 1.22 bits per heavy atom. The molecule has 6 heteroatoms. The fourth-order valence-electron chi connectivity index (χ4n) is 2.28. The minimum Gasteiger partial charge on any atom is -0.497 e. The van der Waals surface area contributed by atoms with Crippen molar-refractivity contribution in [1.82, 2.24) is 9.97 Å². The van der Waals surface area contributed by atoms with Crippen LogP contribution >= 0.6 is 0 Å². The molecule has 0 aliphatic rings. The molecule has 3 aromatic rings. The van der Waals surface area contributed by atoms with E-state index >= 15 is 0 Å². The number of ether oxygens (including phenoxy) is 1. The standard InChI is InChI=1S/C17H20N4O2/c1-11(2)19-17-20-15-7-6-12(22-3)9-14(15)16(21-17)18-10-13-5-4-8-23-13/h4-9,11H,10H2,1-3H3,(H2,18,19,20,21). The third-order valence-corrected chi connectivity index (χ3v) is 3.33. The number of nitrogens with one attached hydrogen (secondary N) is 2. The van der Waals surface area contributed by atoms with Gasteiger partial charge in [0.15, 0.2) is 0 Å². The molecule has 6 nitrogen and oxygen atoms in total. The van der Waals surface area contributed by atoms with Gasteiger partial charge in [0.25, 0.3) is 0 Å². The first kappa shape index (κ1) is 15.1. The van der Waals surface area contributed by atoms with Crippen molar-refractivity contribution in [2.24, 2.45) is 0 Å². The van der Waals surface area contributed by atoms with E-state index in [0.29, 0.717) is 12.5 Å². The molecular weight excluding hydrogens is 292 g/mol. The second-order valence-electron chi connectivity index (χ2n) is 5.51. The smallest absolute Gasteiger partial charge is 0.225 e. The predicted octanol–water partition coefficient (Wildman–Crippen LogP) is 3.66. The van der Waals surface area contributed by atoms with E-state index in [1.807, 2.05) is 30.3 Å². The lowest BCUT2D eigenvalue weighted by molar-refractivity contribution is 0.415. The highest BCUT2D eigenvalue weighted by atomic mass is 16.5. The van der Waals surface area contributed by atoms with Crippen molar-refractivity contribution in [2.45, 2.75) is 26.4 Å². The van der Waals surface area contributed by atoms with Crippen molar-refractivity contribution in [3.63, 3.8) is 0 Å². The monoisotopic (exact) mass is 312 g/mol. The van der Waals surface area contributed by atoms with Crippen molar-refractivity contribution in [1.29, 1.82) is 0 Å². The molecule has 0 radical (unpaired) electrons. The minimum atomic E-state index is 0.253. The van der Waals surface area contributed by atoms with Crippen LogP contribution in [-0.4, -0.2) is 23.1 Å². The Hall–Kier alpha value is -2.76. The van der Waals surface area contributed by atoms with Crippen LogP contribution in [0.15, 0.2) is 41.0 Å². The van der Waals surface area contributed by atoms with Gasteiger partial charge in [0.05, 0.1) is 25.4 Å². The van der Waals surface area contributed by atoms with E-state index in [2.05, 4.69) is 34.4 Å². The summed E-state index contributed by atoms with van der Waals surface area (Å²) in [5.74, 6) is 2.96. The highest BCUT2D eigenvalue weighted by Crippen LogP contribution is 2.27. The summed E-state index contributed by atoms with van der Waals surface area (Å²) in [6.45, 7) is 4.66. The van der Waals surface area contributed by atoms with Crippen LogP contribution < -0.4 is 15.4 Å². The molecule has 0 aliphatic carbocycles. The summed E-state index contributed by atoms with van der Waals surface area (Å²) in [4.78, 5) is 9.14. The average molecular weight is 312 g/mol. The maximum absolute atomic E-state index is 5.36. The van der Waals surface area contributed by atoms with Crippen LogP contribution in [0, 0.1) is 0 Å². The average Bonchev–Trinajstić information content (AvgIpc) is 3.05. The summed E-state index contributed by atoms with van der Waals surface area (Å²) < 4.78 is 10.7. The SMILES string of the molecule is COc1ccc2nc(NC(C)C)nc(NCc3ccco3)c2c1. The fourth-order valence-corrected chi connectivity index (χ4v) is 2.28. The number of furan rings is 1. The van der Waals surface area contributed by atoms with Gasteiger partial charge in [0.2, 0.25) is 5.95 Å². The minimum absolute atomic E-state index is 0.253. The van der Waals surface area contributed by atoms with E-state index in [0.717, 1.165) is 28.2 Å². The van der Waals surface area contributed by atoms with Crippen LogP contribution in [-0.2, 0) is 6.54 Å². The summed E-state index contributed by atoms with van der Waals surface area (Å²) >= 11 is 0. The van der Waals surface area contributed by atoms with Gasteiger partial charge in [-0.25, -0.2) is 4.98 Å². The Balaban J connectivity index is 1.99. The predicted molar refractivity (Wildman–Crippen MR) is 90.9 cm³/mol. The first-order valence-electron chi connectivity index (χ1n) is 7.54. The topological polar surface area (TPSA) is 72.2 Å². The zero-order chi connectivity index (χ0) is 16.2. The van der Waals surface area contributed by atoms with E-state index < -0.39 is 0 Å². The molecule has 0 saturated heterocycles. The van der Waals surface area contributed by atoms with E-state index in [9.17, 15) is 0 Å². The molecule has 2 heterocycles. The zero-order valence-corrected chi connectivity index (χ0v) is 13.5. The van der Waals surface area contributed by atoms with Crippen molar-refractivity contribution in [3.8, 4) is 5.75 Å². The van der Waals surface area contributed by atoms with Gasteiger partial charge in [-0.05, 0) is 44.2 Å². The van der Waals surface area contributed by atoms with Crippen LogP contribution in [0.5, 0.6) is 5.75 Å². The fraction of sp³-hybridized carbons (Fsp3) is 0.294. The summed E-state index contributed by atoms with van der Waals surface area (Å²) in [6.07, 6.45) is 1.66. The Bertz CT molecular complexity index is 785. The molecule has 0 amide bonds. The van der Waals surface area contributed by atoms with E-state index in [1.165, 1.54) is 0 Å². The number of hydrogen-bond acceptors (Lipinski definition) is 6. The Morgan fingerprint density at radius 2 is 2.09 bits per heavy atom. The molecule has 0 spiro atoms. The van der Waals surface area contributed by atoms with Crippen LogP contribution in [0.2, 0.25) is 0 Å². The molecular formula is C17H20N4O2. The molecule has 2 N–H and O–H groups in total. The lowest BCUT2D eigenvalue weighted by atomic mass is 10.2. The third-order valence-electron chi connectivity index (χ3n) is 3.33. The maximum atomic E-state index is 5.36. The van der Waals surface area contributed by atoms with E-state index in [-0.39, 0.29) is 6.04 Å². The summed E-state index contributed by atoms with van der Waals surface area (Å²) in [6, 6.07) is 9.79. The van der Waals surface area contributed by atoms with Gasteiger partial charge < -0.3 is 19.8 Å². The lowest BCUT2D eigenvalue weighted by Gasteiger charge is -2.13. The maximum Gasteiger partial charge on any atom is 0.225 e. The normalized spacial score (nSPS) is 11.0. The second kappa shape index (κ2) is 6.56. The number of benzene rings is 1. The molecule has 0 unspecified atom stereocenters. The quantitative estimate of drug-likeness (QED) is 0.723. The number of aromatic nitrogens is 2. The van der Waals surface area contributed by atoms with Crippen LogP contribution in [0.25, 0.3) is 10.9 Å². The molecule has 0 bridgehead atoms. The first-order chi connectivity index (χ1) is 11.2. The molecule has 0 fully saturated rings. The first-order valence-corrected chi connectivity index (χ1v) is 7.54. The Labute approximate surface area is 134 Å². The van der Waals surface area contributed by atoms with Gasteiger partial charge in [0, 0.05) is 11.4 Å². The molecule has 0 aliphatic heterocycles. The lowest BCUT2D eigenvalue weighted by Crippen LogP contribution is -2.14. The van der Waals surface area contributed by atoms with Crippen LogP contribution in [0.4, 0.5) is 11.8 Å². The van der Waals surface area contributed by atoms with Crippen molar-refractivity contribution in [2.75, 3.05) is 17.7 Å². The van der Waals surface area contributed by atoms with E-state index in [4.69, 9.17) is 9.15 Å². The van der Waals surface area contributed by atoms with Crippen molar-refractivity contribution < 1.29 is 9.15 Å². The summed E-state index contributed by atoms with van der Waals surface area (Å²) in [7, 11) is 1.65. The second-order valence-corrected chi connectivity index (χ2v) is 5.51. The number of nitrogens with zero attached hydrogens (tertiary/aromatic N) is 2. The number of methoxy groups -OCH3 is 1. The number of fused-ring (bicyclic) bond motifs is 1. The van der Waals surface area contributed by atoms with Crippen LogP contribution in [0.3, 0.4) is 0 Å².